The van der Waals surface area contributed by atoms with E-state index in [9.17, 15) is 19.5 Å². The molecule has 0 bridgehead atoms. The van der Waals surface area contributed by atoms with Crippen molar-refractivity contribution in [1.82, 2.24) is 10.6 Å². The van der Waals surface area contributed by atoms with E-state index in [-0.39, 0.29) is 31.5 Å². The number of amides is 2. The van der Waals surface area contributed by atoms with Crippen LogP contribution >= 0.6 is 0 Å². The minimum Gasteiger partial charge on any atom is -0.481 e. The van der Waals surface area contributed by atoms with Gasteiger partial charge in [-0.15, -0.1) is 0 Å². The van der Waals surface area contributed by atoms with Crippen LogP contribution in [0.25, 0.3) is 11.1 Å². The van der Waals surface area contributed by atoms with Gasteiger partial charge in [-0.05, 0) is 47.9 Å². The van der Waals surface area contributed by atoms with Crippen LogP contribution in [0.1, 0.15) is 62.0 Å². The molecule has 5 rings (SSSR count). The Morgan fingerprint density at radius 1 is 0.800 bits per heavy atom. The summed E-state index contributed by atoms with van der Waals surface area (Å²) in [7, 11) is 0. The van der Waals surface area contributed by atoms with Gasteiger partial charge < -0.3 is 20.5 Å². The fourth-order valence-corrected chi connectivity index (χ4v) is 5.93. The number of aliphatic carboxylic acids is 1. The molecular weight excluding hydrogens is 444 g/mol. The molecule has 3 aliphatic carbocycles. The van der Waals surface area contributed by atoms with E-state index >= 15 is 0 Å². The normalized spacial score (nSPS) is 19.2. The van der Waals surface area contributed by atoms with E-state index in [0.717, 1.165) is 30.4 Å². The molecule has 3 N–H and O–H groups in total. The molecule has 7 heteroatoms. The molecule has 0 radical (unpaired) electrons. The number of hydrogen-bond donors (Lipinski definition) is 3. The first-order valence-electron chi connectivity index (χ1n) is 12.5. The summed E-state index contributed by atoms with van der Waals surface area (Å²) in [5.41, 5.74) is 3.09. The molecule has 2 aromatic carbocycles. The zero-order chi connectivity index (χ0) is 24.5. The minimum atomic E-state index is -0.846. The highest BCUT2D eigenvalue weighted by Crippen LogP contribution is 2.45. The van der Waals surface area contributed by atoms with Gasteiger partial charge in [0.05, 0.1) is 10.8 Å². The van der Waals surface area contributed by atoms with Gasteiger partial charge in [0.25, 0.3) is 0 Å². The van der Waals surface area contributed by atoms with Gasteiger partial charge in [-0.1, -0.05) is 67.8 Å². The van der Waals surface area contributed by atoms with Crippen molar-refractivity contribution in [2.45, 2.75) is 50.9 Å². The number of carboxylic acids is 1. The quantitative estimate of drug-likeness (QED) is 0.522. The molecular formula is C28H32N2O5. The molecule has 0 aliphatic heterocycles. The molecule has 184 valence electrons. The van der Waals surface area contributed by atoms with Gasteiger partial charge in [0.2, 0.25) is 5.91 Å². The molecule has 0 heterocycles. The Kier molecular flexibility index (Phi) is 6.26. The summed E-state index contributed by atoms with van der Waals surface area (Å²) in [6.07, 6.45) is 4.67. The second-order valence-corrected chi connectivity index (χ2v) is 10.3. The standard InChI is InChI=1S/C28H32N2O5/c31-24(29-18-28(25(32)33)14-7-15-28)27(12-5-6-13-27)17-30-26(34)35-16-23-21-10-3-1-8-19(21)20-9-2-4-11-22(20)23/h1-4,8-11,23H,5-7,12-18H2,(H,29,31)(H,30,34)(H,32,33). The van der Waals surface area contributed by atoms with Gasteiger partial charge in [0.15, 0.2) is 0 Å². The van der Waals surface area contributed by atoms with E-state index in [4.69, 9.17) is 4.74 Å². The minimum absolute atomic E-state index is 0.0217. The lowest BCUT2D eigenvalue weighted by Crippen LogP contribution is -2.53. The maximum atomic E-state index is 13.1. The topological polar surface area (TPSA) is 105 Å². The number of carboxylic acid groups (broad SMARTS) is 1. The molecule has 35 heavy (non-hydrogen) atoms. The number of ether oxygens (including phenoxy) is 1. The second kappa shape index (κ2) is 9.36. The molecule has 2 amide bonds. The number of fused-ring (bicyclic) bond motifs is 3. The number of nitrogens with one attached hydrogen (secondary N) is 2. The third-order valence-electron chi connectivity index (χ3n) is 8.31. The fourth-order valence-electron chi connectivity index (χ4n) is 5.93. The highest BCUT2D eigenvalue weighted by atomic mass is 16.5. The van der Waals surface area contributed by atoms with Crippen LogP contribution < -0.4 is 10.6 Å². The molecule has 0 spiro atoms. The Balaban J connectivity index is 1.18. The van der Waals surface area contributed by atoms with E-state index in [2.05, 4.69) is 34.9 Å². The molecule has 0 unspecified atom stereocenters. The summed E-state index contributed by atoms with van der Waals surface area (Å²) < 4.78 is 5.64. The van der Waals surface area contributed by atoms with Crippen LogP contribution in [-0.4, -0.2) is 42.8 Å². The van der Waals surface area contributed by atoms with Crippen LogP contribution in [0.2, 0.25) is 0 Å². The van der Waals surface area contributed by atoms with Crippen molar-refractivity contribution in [2.75, 3.05) is 19.7 Å². The van der Waals surface area contributed by atoms with Crippen LogP contribution in [0, 0.1) is 10.8 Å². The van der Waals surface area contributed by atoms with Crippen molar-refractivity contribution < 1.29 is 24.2 Å². The van der Waals surface area contributed by atoms with E-state index in [1.54, 1.807) is 0 Å². The Hall–Kier alpha value is -3.35. The van der Waals surface area contributed by atoms with Crippen molar-refractivity contribution in [3.63, 3.8) is 0 Å². The number of hydrogen-bond acceptors (Lipinski definition) is 4. The summed E-state index contributed by atoms with van der Waals surface area (Å²) in [5, 5.41) is 15.3. The third kappa shape index (κ3) is 4.28. The first-order valence-corrected chi connectivity index (χ1v) is 12.5. The largest absolute Gasteiger partial charge is 0.481 e. The highest BCUT2D eigenvalue weighted by Gasteiger charge is 2.47. The van der Waals surface area contributed by atoms with Crippen LogP contribution in [0.5, 0.6) is 0 Å². The van der Waals surface area contributed by atoms with Crippen molar-refractivity contribution in [2.24, 2.45) is 10.8 Å². The lowest BCUT2D eigenvalue weighted by atomic mass is 9.68. The van der Waals surface area contributed by atoms with Crippen molar-refractivity contribution >= 4 is 18.0 Å². The van der Waals surface area contributed by atoms with Gasteiger partial charge >= 0.3 is 12.1 Å². The molecule has 2 fully saturated rings. The first kappa shape index (κ1) is 23.4. The number of carbonyl (C=O) groups excluding carboxylic acids is 2. The van der Waals surface area contributed by atoms with E-state index < -0.39 is 22.9 Å². The van der Waals surface area contributed by atoms with E-state index in [1.165, 1.54) is 11.1 Å². The molecule has 2 saturated carbocycles. The highest BCUT2D eigenvalue weighted by molar-refractivity contribution is 5.85. The molecule has 7 nitrogen and oxygen atoms in total. The van der Waals surface area contributed by atoms with Crippen LogP contribution in [0.4, 0.5) is 4.79 Å². The average molecular weight is 477 g/mol. The Morgan fingerprint density at radius 2 is 1.34 bits per heavy atom. The zero-order valence-corrected chi connectivity index (χ0v) is 19.8. The molecule has 0 aromatic heterocycles. The monoisotopic (exact) mass is 476 g/mol. The summed E-state index contributed by atoms with van der Waals surface area (Å²) in [4.78, 5) is 37.4. The summed E-state index contributed by atoms with van der Waals surface area (Å²) in [5.74, 6) is -1.03. The summed E-state index contributed by atoms with van der Waals surface area (Å²) >= 11 is 0. The van der Waals surface area contributed by atoms with Gasteiger partial charge in [0.1, 0.15) is 6.61 Å². The summed E-state index contributed by atoms with van der Waals surface area (Å²) in [6, 6.07) is 16.4. The Labute approximate surface area is 205 Å². The van der Waals surface area contributed by atoms with E-state index in [1.807, 2.05) is 24.3 Å². The van der Waals surface area contributed by atoms with Crippen molar-refractivity contribution in [1.29, 1.82) is 0 Å². The van der Waals surface area contributed by atoms with Crippen LogP contribution in [-0.2, 0) is 14.3 Å². The van der Waals surface area contributed by atoms with Gasteiger partial charge in [0, 0.05) is 19.0 Å². The SMILES string of the molecule is O=C(NCC1(C(=O)NCC2(C(=O)O)CCC2)CCCC1)OCC1c2ccccc2-c2ccccc21. The fraction of sp³-hybridized carbons (Fsp3) is 0.464. The average Bonchev–Trinajstić information content (AvgIpc) is 3.44. The number of alkyl carbamates (subject to hydrolysis) is 1. The van der Waals surface area contributed by atoms with E-state index in [0.29, 0.717) is 25.7 Å². The first-order chi connectivity index (χ1) is 16.9. The summed E-state index contributed by atoms with van der Waals surface area (Å²) in [6.45, 7) is 0.559. The predicted octanol–water partition coefficient (Wildman–Crippen LogP) is 4.46. The molecule has 0 atom stereocenters. The Bertz CT molecular complexity index is 1090. The maximum absolute atomic E-state index is 13.1. The molecule has 0 saturated heterocycles. The smallest absolute Gasteiger partial charge is 0.407 e. The number of carbonyl (C=O) groups is 3. The van der Waals surface area contributed by atoms with Gasteiger partial charge in [-0.3, -0.25) is 9.59 Å². The zero-order valence-electron chi connectivity index (χ0n) is 19.8. The van der Waals surface area contributed by atoms with Gasteiger partial charge in [-0.2, -0.15) is 0 Å². The van der Waals surface area contributed by atoms with Crippen molar-refractivity contribution in [3.05, 3.63) is 59.7 Å². The molecule has 2 aromatic rings. The number of benzene rings is 2. The van der Waals surface area contributed by atoms with Crippen LogP contribution in [0.15, 0.2) is 48.5 Å². The second-order valence-electron chi connectivity index (χ2n) is 10.3. The molecule has 3 aliphatic rings. The Morgan fingerprint density at radius 3 is 1.89 bits per heavy atom. The van der Waals surface area contributed by atoms with Crippen molar-refractivity contribution in [3.8, 4) is 11.1 Å². The third-order valence-corrected chi connectivity index (χ3v) is 8.31. The lowest BCUT2D eigenvalue weighted by molar-refractivity contribution is -0.154. The van der Waals surface area contributed by atoms with Gasteiger partial charge in [-0.25, -0.2) is 4.79 Å². The van der Waals surface area contributed by atoms with Crippen LogP contribution in [0.3, 0.4) is 0 Å². The predicted molar refractivity (Wildman–Crippen MR) is 131 cm³/mol. The lowest BCUT2D eigenvalue weighted by Gasteiger charge is -2.38. The maximum Gasteiger partial charge on any atom is 0.407 e. The number of rotatable bonds is 8.